The van der Waals surface area contributed by atoms with Crippen molar-refractivity contribution in [2.75, 3.05) is 26.7 Å². The molecule has 4 rings (SSSR count). The predicted octanol–water partition coefficient (Wildman–Crippen LogP) is 4.71. The highest BCUT2D eigenvalue weighted by atomic mass is 35.5. The largest absolute Gasteiger partial charge is 0.299 e. The first-order chi connectivity index (χ1) is 11.6. The summed E-state index contributed by atoms with van der Waals surface area (Å²) in [4.78, 5) is 5.02. The number of nitrogens with zero attached hydrogens (tertiary/aromatic N) is 2. The van der Waals surface area contributed by atoms with Gasteiger partial charge in [-0.2, -0.15) is 0 Å². The molecule has 142 valence electrons. The van der Waals surface area contributed by atoms with Crippen molar-refractivity contribution in [1.82, 2.24) is 9.80 Å². The van der Waals surface area contributed by atoms with Gasteiger partial charge in [-0.15, -0.1) is 24.8 Å². The van der Waals surface area contributed by atoms with Crippen LogP contribution in [0.2, 0.25) is 0 Å². The summed E-state index contributed by atoms with van der Waals surface area (Å²) in [7, 11) is 2.25. The van der Waals surface area contributed by atoms with Crippen LogP contribution < -0.4 is 0 Å². The zero-order valence-corrected chi connectivity index (χ0v) is 16.9. The predicted molar refractivity (Wildman–Crippen MR) is 110 cm³/mol. The Hall–Kier alpha value is -1.13. The molecule has 0 radical (unpaired) electrons. The Morgan fingerprint density at radius 3 is 2.46 bits per heavy atom. The molecule has 0 amide bonds. The van der Waals surface area contributed by atoms with Crippen molar-refractivity contribution in [2.24, 2.45) is 11.8 Å². The summed E-state index contributed by atoms with van der Waals surface area (Å²) in [5, 5.41) is 0. The molecule has 2 saturated heterocycles. The first-order valence-corrected chi connectivity index (χ1v) is 8.84. The maximum atomic E-state index is 13.6. The zero-order valence-electron chi connectivity index (χ0n) is 15.3. The molecule has 0 spiro atoms. The molecule has 2 fully saturated rings. The first-order valence-electron chi connectivity index (χ1n) is 8.84. The highest BCUT2D eigenvalue weighted by Crippen LogP contribution is 2.44. The lowest BCUT2D eigenvalue weighted by Crippen LogP contribution is -2.29. The van der Waals surface area contributed by atoms with Crippen LogP contribution in [0.3, 0.4) is 0 Å². The van der Waals surface area contributed by atoms with Crippen molar-refractivity contribution in [3.8, 4) is 0 Å². The quantitative estimate of drug-likeness (QED) is 0.740. The number of halogens is 3. The summed E-state index contributed by atoms with van der Waals surface area (Å²) in [6, 6.07) is 16.5. The van der Waals surface area contributed by atoms with Crippen molar-refractivity contribution in [1.29, 1.82) is 0 Å². The fraction of sp³-hybridized carbons (Fsp3) is 0.429. The van der Waals surface area contributed by atoms with Crippen molar-refractivity contribution in [3.63, 3.8) is 0 Å². The third kappa shape index (κ3) is 4.07. The second-order valence-electron chi connectivity index (χ2n) is 7.48. The second kappa shape index (κ2) is 8.71. The van der Waals surface area contributed by atoms with Gasteiger partial charge in [-0.1, -0.05) is 36.4 Å². The number of rotatable bonds is 3. The van der Waals surface area contributed by atoms with E-state index in [0.29, 0.717) is 17.9 Å². The van der Waals surface area contributed by atoms with Gasteiger partial charge in [-0.25, -0.2) is 4.39 Å². The van der Waals surface area contributed by atoms with Crippen molar-refractivity contribution < 1.29 is 4.39 Å². The lowest BCUT2D eigenvalue weighted by atomic mass is 9.90. The van der Waals surface area contributed by atoms with Crippen LogP contribution in [0.25, 0.3) is 0 Å². The topological polar surface area (TPSA) is 6.48 Å². The maximum absolute atomic E-state index is 13.6. The number of aryl methyl sites for hydroxylation is 1. The maximum Gasteiger partial charge on any atom is 0.123 e. The van der Waals surface area contributed by atoms with Gasteiger partial charge in [0.15, 0.2) is 0 Å². The van der Waals surface area contributed by atoms with Crippen LogP contribution in [0.4, 0.5) is 4.39 Å². The van der Waals surface area contributed by atoms with Gasteiger partial charge in [0.1, 0.15) is 5.82 Å². The fourth-order valence-electron chi connectivity index (χ4n) is 4.68. The van der Waals surface area contributed by atoms with Gasteiger partial charge in [-0.3, -0.25) is 9.80 Å². The molecule has 2 aromatic rings. The molecule has 5 heteroatoms. The summed E-state index contributed by atoms with van der Waals surface area (Å²) >= 11 is 0. The van der Waals surface area contributed by atoms with E-state index in [1.54, 1.807) is 12.1 Å². The van der Waals surface area contributed by atoms with E-state index < -0.39 is 0 Å². The van der Waals surface area contributed by atoms with Gasteiger partial charge in [0.25, 0.3) is 0 Å². The zero-order chi connectivity index (χ0) is 16.7. The third-order valence-electron chi connectivity index (χ3n) is 5.82. The summed E-state index contributed by atoms with van der Waals surface area (Å²) in [5.74, 6) is 1.26. The molecule has 0 aliphatic carbocycles. The monoisotopic (exact) mass is 396 g/mol. The highest BCUT2D eigenvalue weighted by Gasteiger charge is 2.45. The van der Waals surface area contributed by atoms with E-state index in [-0.39, 0.29) is 30.6 Å². The van der Waals surface area contributed by atoms with Crippen LogP contribution in [-0.4, -0.2) is 36.5 Å². The summed E-state index contributed by atoms with van der Waals surface area (Å²) in [5.41, 5.74) is 3.74. The van der Waals surface area contributed by atoms with E-state index >= 15 is 0 Å². The van der Waals surface area contributed by atoms with Crippen LogP contribution in [0.5, 0.6) is 0 Å². The van der Waals surface area contributed by atoms with E-state index in [1.807, 2.05) is 6.07 Å². The third-order valence-corrected chi connectivity index (χ3v) is 5.82. The van der Waals surface area contributed by atoms with Crippen LogP contribution in [-0.2, 0) is 6.54 Å². The Morgan fingerprint density at radius 1 is 1.00 bits per heavy atom. The van der Waals surface area contributed by atoms with E-state index in [2.05, 4.69) is 54.1 Å². The van der Waals surface area contributed by atoms with Crippen LogP contribution in [0, 0.1) is 24.6 Å². The summed E-state index contributed by atoms with van der Waals surface area (Å²) < 4.78 is 13.6. The molecular formula is C21H27Cl2FN2. The van der Waals surface area contributed by atoms with Gasteiger partial charge in [-0.05, 0) is 54.6 Å². The van der Waals surface area contributed by atoms with E-state index in [1.165, 1.54) is 11.1 Å². The molecule has 0 N–H and O–H groups in total. The Bertz CT molecular complexity index is 725. The molecule has 2 aromatic carbocycles. The van der Waals surface area contributed by atoms with Crippen LogP contribution in [0.1, 0.15) is 22.7 Å². The number of hydrogen-bond acceptors (Lipinski definition) is 2. The minimum atomic E-state index is -0.128. The smallest absolute Gasteiger partial charge is 0.123 e. The van der Waals surface area contributed by atoms with Gasteiger partial charge in [0.2, 0.25) is 0 Å². The molecule has 2 aliphatic rings. The lowest BCUT2D eigenvalue weighted by molar-refractivity contribution is 0.224. The average Bonchev–Trinajstić information content (AvgIpc) is 3.07. The first kappa shape index (κ1) is 21.2. The van der Waals surface area contributed by atoms with Gasteiger partial charge < -0.3 is 0 Å². The highest BCUT2D eigenvalue weighted by molar-refractivity contribution is 5.85. The number of fused-ring (bicyclic) bond motifs is 1. The fourth-order valence-corrected chi connectivity index (χ4v) is 4.68. The Labute approximate surface area is 168 Å². The van der Waals surface area contributed by atoms with Gasteiger partial charge in [0.05, 0.1) is 0 Å². The van der Waals surface area contributed by atoms with E-state index in [4.69, 9.17) is 0 Å². The van der Waals surface area contributed by atoms with Gasteiger partial charge in [0, 0.05) is 32.2 Å². The molecule has 0 saturated carbocycles. The van der Waals surface area contributed by atoms with E-state index in [9.17, 15) is 4.39 Å². The lowest BCUT2D eigenvalue weighted by Gasteiger charge is -2.27. The second-order valence-corrected chi connectivity index (χ2v) is 7.48. The molecule has 3 atom stereocenters. The Kier molecular flexibility index (Phi) is 7.09. The SMILES string of the molecule is Cc1ccc(F)cc1CN1C[C@@H]2CN(C)[C@@H](c3ccccc3)[C@@H]2C1.Cl.Cl. The van der Waals surface area contributed by atoms with Crippen LogP contribution >= 0.6 is 24.8 Å². The minimum absolute atomic E-state index is 0. The normalized spacial score (nSPS) is 25.4. The number of hydrogen-bond donors (Lipinski definition) is 0. The van der Waals surface area contributed by atoms with Gasteiger partial charge >= 0.3 is 0 Å². The minimum Gasteiger partial charge on any atom is -0.299 e. The number of likely N-dealkylation sites (tertiary alicyclic amines) is 2. The molecule has 0 bridgehead atoms. The molecule has 0 aromatic heterocycles. The molecule has 0 unspecified atom stereocenters. The summed E-state index contributed by atoms with van der Waals surface area (Å²) in [6.07, 6.45) is 0. The molecule has 2 aliphatic heterocycles. The van der Waals surface area contributed by atoms with Crippen LogP contribution in [0.15, 0.2) is 48.5 Å². The molecule has 26 heavy (non-hydrogen) atoms. The molecule has 2 nitrogen and oxygen atoms in total. The number of benzene rings is 2. The molecular weight excluding hydrogens is 370 g/mol. The Balaban J connectivity index is 0.00000121. The molecule has 2 heterocycles. The van der Waals surface area contributed by atoms with Crippen molar-refractivity contribution in [3.05, 3.63) is 71.0 Å². The summed E-state index contributed by atoms with van der Waals surface area (Å²) in [6.45, 7) is 6.32. The standard InChI is InChI=1S/C21H25FN2.2ClH/c1-15-8-9-19(22)10-17(15)12-24-13-18-11-23(2)21(20(18)14-24)16-6-4-3-5-7-16;;/h3-10,18,20-21H,11-14H2,1-2H3;2*1H/t18-,20+,21-;;/m0../s1. The van der Waals surface area contributed by atoms with E-state index in [0.717, 1.165) is 31.7 Å². The van der Waals surface area contributed by atoms with Crippen molar-refractivity contribution in [2.45, 2.75) is 19.5 Å². The average molecular weight is 397 g/mol. The Morgan fingerprint density at radius 2 is 1.73 bits per heavy atom. The van der Waals surface area contributed by atoms with Crippen molar-refractivity contribution >= 4 is 24.8 Å².